The van der Waals surface area contributed by atoms with Crippen molar-refractivity contribution in [2.45, 2.75) is 203 Å². The number of aliphatic imine (C=N–C) groups is 2. The summed E-state index contributed by atoms with van der Waals surface area (Å²) in [5.41, 5.74) is 13.3. The molecule has 13 nitrogen and oxygen atoms in total. The van der Waals surface area contributed by atoms with Crippen molar-refractivity contribution in [2.75, 3.05) is 7.11 Å². The summed E-state index contributed by atoms with van der Waals surface area (Å²) in [5, 5.41) is 19.1. The molecular formula is C90H110Br2N2O11Si. The largest absolute Gasteiger partial charge is 0.543 e. The van der Waals surface area contributed by atoms with E-state index in [4.69, 9.17) is 28.2 Å². The molecule has 16 heteroatoms. The standard InChI is InChI=1S/C26H33NO3Si.C20H19NO3.C12H16O.C11H15BrO.C10H13BrO.C10H14.CO2/c1-25(2,3)21-15-14-20(30-31(7,8)26(4,5)6)16-19(21)17-22-24(28)29-23(27-22)18-12-10-9-11-13-18;1-20(2,3)16-10-9-15(22)11-14(16)12-17-19(23)24-18(21-17)13-7-5-4-6-8-13;1-9-5-6-11(12(2,3)4)10(7-9)8-13;1-11(2,3)9-6-5-8(13-4)7-10(9)12;1-10(2,3)8-5-4-7(12)6-9(8)11;1-10(2,3)9-7-5-4-6-8-9;2-1-3/h9-17H,1-8H3;4-12,22H,1-3H3;5-8H,1-4H3;5-7H,1-4H3;4-6,12H,1-3H3;4-8H,1-3H3;/b22-17-;17-12-;;;;;. The van der Waals surface area contributed by atoms with Gasteiger partial charge in [0.2, 0.25) is 20.1 Å². The maximum absolute atomic E-state index is 12.5. The molecule has 2 aliphatic rings. The highest BCUT2D eigenvalue weighted by Gasteiger charge is 2.39. The SMILES string of the molecule is CC(C)(C)c1ccc(O)cc1/C=C1\N=C(c2ccccc2)OC1=O.CC(C)(C)c1ccc(O)cc1Br.CC(C)(C)c1ccc(O[Si](C)(C)C(C)(C)C)cc1/C=C1\N=C(c2ccccc2)OC1=O.CC(C)(C)c1ccccc1.COc1ccc(C(C)(C)C)c(Br)c1.Cc1ccc(C(C)(C)C)c(C=O)c1.O=C=O. The maximum Gasteiger partial charge on any atom is 0.373 e. The van der Waals surface area contributed by atoms with Crippen LogP contribution in [0.2, 0.25) is 18.1 Å². The summed E-state index contributed by atoms with van der Waals surface area (Å²) < 4.78 is 24.4. The Morgan fingerprint density at radius 2 is 0.783 bits per heavy atom. The van der Waals surface area contributed by atoms with Crippen LogP contribution >= 0.6 is 31.9 Å². The number of aldehydes is 1. The number of rotatable bonds is 8. The topological polar surface area (TPSA) is 187 Å². The Morgan fingerprint density at radius 3 is 1.15 bits per heavy atom. The molecule has 2 aliphatic heterocycles. The fourth-order valence-corrected chi connectivity index (χ4v) is 13.4. The number of methoxy groups -OCH3 is 1. The van der Waals surface area contributed by atoms with Crippen LogP contribution in [0.3, 0.4) is 0 Å². The molecule has 0 saturated carbocycles. The van der Waals surface area contributed by atoms with Crippen molar-refractivity contribution < 1.29 is 52.8 Å². The van der Waals surface area contributed by atoms with Crippen molar-refractivity contribution in [1.82, 2.24) is 0 Å². The van der Waals surface area contributed by atoms with E-state index in [1.807, 2.05) is 128 Å². The van der Waals surface area contributed by atoms with Crippen LogP contribution in [-0.2, 0) is 61.1 Å². The Bertz CT molecular complexity index is 4450. The van der Waals surface area contributed by atoms with Gasteiger partial charge < -0.3 is 28.8 Å². The molecule has 0 bridgehead atoms. The van der Waals surface area contributed by atoms with Gasteiger partial charge in [0.1, 0.15) is 29.3 Å². The zero-order valence-corrected chi connectivity index (χ0v) is 70.9. The fraction of sp³-hybridized carbons (Fsp3) is 0.356. The number of aromatic hydroxyl groups is 2. The maximum atomic E-state index is 12.5. The number of nitrogens with zero attached hydrogens (tertiary/aromatic N) is 2. The van der Waals surface area contributed by atoms with E-state index in [1.54, 1.807) is 37.5 Å². The minimum absolute atomic E-state index is 0.0456. The van der Waals surface area contributed by atoms with E-state index in [9.17, 15) is 24.6 Å². The summed E-state index contributed by atoms with van der Waals surface area (Å²) in [6.07, 6.45) is 4.67. The van der Waals surface area contributed by atoms with Gasteiger partial charge >= 0.3 is 18.1 Å². The van der Waals surface area contributed by atoms with Crippen molar-refractivity contribution in [2.24, 2.45) is 9.98 Å². The van der Waals surface area contributed by atoms with Crippen LogP contribution in [-0.4, -0.2) is 61.8 Å². The summed E-state index contributed by atoms with van der Waals surface area (Å²) >= 11 is 6.97. The quantitative estimate of drug-likeness (QED) is 0.0638. The van der Waals surface area contributed by atoms with Gasteiger partial charge in [-0.1, -0.05) is 286 Å². The third kappa shape index (κ3) is 27.7. The second-order valence-electron chi connectivity index (χ2n) is 33.5. The lowest BCUT2D eigenvalue weighted by atomic mass is 9.83. The fourth-order valence-electron chi connectivity index (χ4n) is 10.5. The molecule has 0 unspecified atom stereocenters. The van der Waals surface area contributed by atoms with E-state index in [2.05, 4.69) is 243 Å². The molecule has 0 aliphatic carbocycles. The molecule has 0 saturated heterocycles. The molecule has 0 amide bonds. The first kappa shape index (κ1) is 89.3. The Labute approximate surface area is 649 Å². The van der Waals surface area contributed by atoms with Crippen LogP contribution in [0.1, 0.15) is 217 Å². The van der Waals surface area contributed by atoms with Crippen LogP contribution < -0.4 is 9.16 Å². The van der Waals surface area contributed by atoms with E-state index in [0.717, 1.165) is 76.8 Å². The molecular weight excluding hydrogens is 1470 g/mol. The average Bonchev–Trinajstić information content (AvgIpc) is 1.36. The summed E-state index contributed by atoms with van der Waals surface area (Å²) in [6, 6.07) is 58.1. The number of ether oxygens (including phenoxy) is 3. The predicted octanol–water partition coefficient (Wildman–Crippen LogP) is 23.5. The minimum atomic E-state index is -1.98. The smallest absolute Gasteiger partial charge is 0.373 e. The molecule has 0 spiro atoms. The normalized spacial score (nSPS) is 13.7. The summed E-state index contributed by atoms with van der Waals surface area (Å²) in [7, 11) is -0.306. The molecule has 0 fully saturated rings. The van der Waals surface area contributed by atoms with Crippen LogP contribution in [0.5, 0.6) is 23.0 Å². The lowest BCUT2D eigenvalue weighted by Gasteiger charge is -2.36. The van der Waals surface area contributed by atoms with Gasteiger partial charge in [0, 0.05) is 25.6 Å². The summed E-state index contributed by atoms with van der Waals surface area (Å²) in [4.78, 5) is 60.5. The van der Waals surface area contributed by atoms with Crippen LogP contribution in [0, 0.1) is 6.92 Å². The summed E-state index contributed by atoms with van der Waals surface area (Å²) in [6.45, 7) is 51.9. The average molecular weight is 1580 g/mol. The third-order valence-electron chi connectivity index (χ3n) is 17.2. The van der Waals surface area contributed by atoms with Crippen LogP contribution in [0.25, 0.3) is 12.2 Å². The Hall–Kier alpha value is -9.05. The Balaban J connectivity index is 0.000000281. The van der Waals surface area contributed by atoms with E-state index in [0.29, 0.717) is 28.7 Å². The Morgan fingerprint density at radius 1 is 0.434 bits per heavy atom. The first-order valence-electron chi connectivity index (χ1n) is 35.2. The molecule has 10 rings (SSSR count). The first-order chi connectivity index (χ1) is 48.9. The number of halogens is 2. The molecule has 0 radical (unpaired) electrons. The number of carbonyl (C=O) groups excluding carboxylic acids is 5. The molecule has 106 heavy (non-hydrogen) atoms. The van der Waals surface area contributed by atoms with E-state index in [-0.39, 0.29) is 49.7 Å². The molecule has 2 N–H and O–H groups in total. The van der Waals surface area contributed by atoms with Gasteiger partial charge in [0.05, 0.1) is 7.11 Å². The lowest BCUT2D eigenvalue weighted by molar-refractivity contribution is -0.191. The van der Waals surface area contributed by atoms with Gasteiger partial charge in [-0.2, -0.15) is 9.59 Å². The number of benzene rings is 8. The first-order valence-corrected chi connectivity index (χ1v) is 39.7. The van der Waals surface area contributed by atoms with Crippen molar-refractivity contribution in [1.29, 1.82) is 0 Å². The number of cyclic esters (lactones) is 2. The van der Waals surface area contributed by atoms with E-state index < -0.39 is 20.3 Å². The highest BCUT2D eigenvalue weighted by atomic mass is 79.9. The van der Waals surface area contributed by atoms with Gasteiger partial charge in [-0.05, 0) is 193 Å². The highest BCUT2D eigenvalue weighted by molar-refractivity contribution is 9.10. The number of hydrogen-bond donors (Lipinski definition) is 2. The molecule has 564 valence electrons. The molecule has 8 aromatic carbocycles. The van der Waals surface area contributed by atoms with Gasteiger partial charge in [0.25, 0.3) is 0 Å². The molecule has 2 heterocycles. The number of phenolic OH excluding ortho intramolecular Hbond substituents is 2. The molecule has 8 aromatic rings. The van der Waals surface area contributed by atoms with Gasteiger partial charge in [-0.25, -0.2) is 19.6 Å². The predicted molar refractivity (Wildman–Crippen MR) is 443 cm³/mol. The lowest BCUT2D eigenvalue weighted by Crippen LogP contribution is -2.43. The monoisotopic (exact) mass is 1580 g/mol. The zero-order valence-electron chi connectivity index (χ0n) is 66.8. The second-order valence-corrected chi connectivity index (χ2v) is 39.9. The van der Waals surface area contributed by atoms with Crippen molar-refractivity contribution in [3.8, 4) is 23.0 Å². The van der Waals surface area contributed by atoms with Crippen molar-refractivity contribution in [3.63, 3.8) is 0 Å². The van der Waals surface area contributed by atoms with E-state index >= 15 is 0 Å². The number of phenols is 2. The summed E-state index contributed by atoms with van der Waals surface area (Å²) in [5.74, 6) is 1.87. The number of esters is 2. The molecule has 0 atom stereocenters. The van der Waals surface area contributed by atoms with Gasteiger partial charge in [-0.15, -0.1) is 0 Å². The third-order valence-corrected chi connectivity index (χ3v) is 22.9. The second kappa shape index (κ2) is 38.0. The van der Waals surface area contributed by atoms with Crippen LogP contribution in [0.15, 0.2) is 212 Å². The highest BCUT2D eigenvalue weighted by Crippen LogP contribution is 2.40. The molecule has 0 aromatic heterocycles. The van der Waals surface area contributed by atoms with Crippen LogP contribution in [0.4, 0.5) is 0 Å². The minimum Gasteiger partial charge on any atom is -0.543 e. The van der Waals surface area contributed by atoms with Crippen molar-refractivity contribution in [3.05, 3.63) is 269 Å². The van der Waals surface area contributed by atoms with Gasteiger partial charge in [-0.3, -0.25) is 4.79 Å². The zero-order chi connectivity index (χ0) is 80.1. The number of aryl methyl sites for hydroxylation is 1. The number of hydrogen-bond acceptors (Lipinski definition) is 13. The van der Waals surface area contributed by atoms with E-state index in [1.165, 1.54) is 16.7 Å². The van der Waals surface area contributed by atoms with Gasteiger partial charge in [0.15, 0.2) is 11.4 Å². The number of carbonyl (C=O) groups is 3. The Kier molecular flexibility index (Phi) is 32.0. The van der Waals surface area contributed by atoms with Crippen molar-refractivity contribution >= 4 is 88.5 Å².